The molecule has 0 spiro atoms. The van der Waals surface area contributed by atoms with Crippen molar-refractivity contribution in [3.05, 3.63) is 53.6 Å². The van der Waals surface area contributed by atoms with E-state index >= 15 is 0 Å². The van der Waals surface area contributed by atoms with Gasteiger partial charge in [0.15, 0.2) is 11.6 Å². The fourth-order valence-electron chi connectivity index (χ4n) is 2.78. The molecule has 0 saturated heterocycles. The smallest absolute Gasteiger partial charge is 0.264 e. The number of carbonyl (C=O) groups excluding carboxylic acids is 2. The third-order valence-electron chi connectivity index (χ3n) is 4.16. The molecular formula is C18H17NO5S. The van der Waals surface area contributed by atoms with Gasteiger partial charge in [-0.15, -0.1) is 0 Å². The number of carbonyl (C=O) groups is 2. The molecule has 7 heteroatoms. The van der Waals surface area contributed by atoms with Gasteiger partial charge in [0.2, 0.25) is 0 Å². The van der Waals surface area contributed by atoms with Gasteiger partial charge in [-0.3, -0.25) is 13.9 Å². The summed E-state index contributed by atoms with van der Waals surface area (Å²) < 4.78 is 32.3. The Bertz CT molecular complexity index is 948. The van der Waals surface area contributed by atoms with Crippen molar-refractivity contribution in [3.8, 4) is 5.75 Å². The molecule has 1 heterocycles. The van der Waals surface area contributed by atoms with Crippen molar-refractivity contribution in [1.82, 2.24) is 0 Å². The van der Waals surface area contributed by atoms with E-state index in [0.717, 1.165) is 0 Å². The molecule has 2 aromatic rings. The Morgan fingerprint density at radius 2 is 1.80 bits per heavy atom. The molecular weight excluding hydrogens is 342 g/mol. The van der Waals surface area contributed by atoms with Crippen LogP contribution in [0.2, 0.25) is 0 Å². The summed E-state index contributed by atoms with van der Waals surface area (Å²) in [7, 11) is -2.35. The number of hydrogen-bond acceptors (Lipinski definition) is 5. The summed E-state index contributed by atoms with van der Waals surface area (Å²) in [5.41, 5.74) is 1.11. The third-order valence-corrected chi connectivity index (χ3v) is 5.99. The van der Waals surface area contributed by atoms with Gasteiger partial charge in [0.1, 0.15) is 5.75 Å². The van der Waals surface area contributed by atoms with Gasteiger partial charge >= 0.3 is 0 Å². The molecule has 0 aromatic heterocycles. The second-order valence-corrected chi connectivity index (χ2v) is 7.58. The number of nitrogens with zero attached hydrogens (tertiary/aromatic N) is 1. The molecule has 0 atom stereocenters. The molecule has 1 aliphatic rings. The van der Waals surface area contributed by atoms with Crippen LogP contribution in [0.1, 0.15) is 34.1 Å². The standard InChI is InChI=1S/C18H17NO5S/c1-12(20)13-3-6-15(7-4-13)25(22,23)19-10-9-18(21)16-11-14(24-2)5-8-17(16)19/h3-8,11H,9-10H2,1-2H3. The monoisotopic (exact) mass is 359 g/mol. The lowest BCUT2D eigenvalue weighted by atomic mass is 10.0. The van der Waals surface area contributed by atoms with E-state index < -0.39 is 10.0 Å². The summed E-state index contributed by atoms with van der Waals surface area (Å²) in [4.78, 5) is 23.6. The van der Waals surface area contributed by atoms with Gasteiger partial charge < -0.3 is 4.74 Å². The maximum atomic E-state index is 13.0. The SMILES string of the molecule is COc1ccc2c(c1)C(=O)CCN2S(=O)(=O)c1ccc(C(C)=O)cc1. The highest BCUT2D eigenvalue weighted by molar-refractivity contribution is 7.92. The summed E-state index contributed by atoms with van der Waals surface area (Å²) in [5, 5.41) is 0. The summed E-state index contributed by atoms with van der Waals surface area (Å²) >= 11 is 0. The summed E-state index contributed by atoms with van der Waals surface area (Å²) in [6.45, 7) is 1.50. The van der Waals surface area contributed by atoms with Gasteiger partial charge in [-0.1, -0.05) is 12.1 Å². The molecule has 0 N–H and O–H groups in total. The maximum Gasteiger partial charge on any atom is 0.264 e. The highest BCUT2D eigenvalue weighted by Crippen LogP contribution is 2.34. The van der Waals surface area contributed by atoms with Crippen LogP contribution in [0.15, 0.2) is 47.4 Å². The summed E-state index contributed by atoms with van der Waals surface area (Å²) in [5.74, 6) is 0.245. The molecule has 2 aromatic carbocycles. The zero-order chi connectivity index (χ0) is 18.2. The fraction of sp³-hybridized carbons (Fsp3) is 0.222. The highest BCUT2D eigenvalue weighted by atomic mass is 32.2. The van der Waals surface area contributed by atoms with Gasteiger partial charge in [0, 0.05) is 24.1 Å². The van der Waals surface area contributed by atoms with Gasteiger partial charge in [-0.05, 0) is 37.3 Å². The van der Waals surface area contributed by atoms with Crippen molar-refractivity contribution >= 4 is 27.3 Å². The summed E-state index contributed by atoms with van der Waals surface area (Å²) in [6, 6.07) is 10.5. The Balaban J connectivity index is 2.05. The average molecular weight is 359 g/mol. The lowest BCUT2D eigenvalue weighted by Gasteiger charge is -2.30. The minimum atomic E-state index is -3.83. The lowest BCUT2D eigenvalue weighted by Crippen LogP contribution is -2.37. The second-order valence-electron chi connectivity index (χ2n) is 5.71. The van der Waals surface area contributed by atoms with E-state index in [-0.39, 0.29) is 29.4 Å². The first-order valence-corrected chi connectivity index (χ1v) is 9.13. The third kappa shape index (κ3) is 3.02. The molecule has 25 heavy (non-hydrogen) atoms. The van der Waals surface area contributed by atoms with Crippen LogP contribution in [0.3, 0.4) is 0 Å². The van der Waals surface area contributed by atoms with E-state index in [2.05, 4.69) is 0 Å². The van der Waals surface area contributed by atoms with Crippen molar-refractivity contribution in [3.63, 3.8) is 0 Å². The molecule has 1 aliphatic heterocycles. The van der Waals surface area contributed by atoms with E-state index in [4.69, 9.17) is 4.74 Å². The number of hydrogen-bond donors (Lipinski definition) is 0. The first-order valence-electron chi connectivity index (χ1n) is 7.69. The van der Waals surface area contributed by atoms with Crippen LogP contribution >= 0.6 is 0 Å². The van der Waals surface area contributed by atoms with E-state index in [1.165, 1.54) is 42.6 Å². The maximum absolute atomic E-state index is 13.0. The molecule has 3 rings (SSSR count). The van der Waals surface area contributed by atoms with E-state index in [0.29, 0.717) is 22.6 Å². The Morgan fingerprint density at radius 1 is 1.12 bits per heavy atom. The highest BCUT2D eigenvalue weighted by Gasteiger charge is 2.32. The lowest BCUT2D eigenvalue weighted by molar-refractivity contribution is 0.0979. The number of ether oxygens (including phenoxy) is 1. The molecule has 6 nitrogen and oxygen atoms in total. The van der Waals surface area contributed by atoms with Crippen LogP contribution < -0.4 is 9.04 Å². The number of anilines is 1. The van der Waals surface area contributed by atoms with Crippen molar-refractivity contribution in [1.29, 1.82) is 0 Å². The molecule has 0 saturated carbocycles. The van der Waals surface area contributed by atoms with E-state index in [1.54, 1.807) is 18.2 Å². The van der Waals surface area contributed by atoms with Gasteiger partial charge in [-0.2, -0.15) is 0 Å². The number of benzene rings is 2. The van der Waals surface area contributed by atoms with Gasteiger partial charge in [-0.25, -0.2) is 8.42 Å². The molecule has 130 valence electrons. The van der Waals surface area contributed by atoms with E-state index in [9.17, 15) is 18.0 Å². The Kier molecular flexibility index (Phi) is 4.34. The number of Topliss-reactive ketones (excluding diaryl/α,β-unsaturated/α-hetero) is 2. The Hall–Kier alpha value is -2.67. The van der Waals surface area contributed by atoms with Crippen LogP contribution in [0.25, 0.3) is 0 Å². The first-order chi connectivity index (χ1) is 11.8. The number of rotatable bonds is 4. The Labute approximate surface area is 146 Å². The number of sulfonamides is 1. The molecule has 0 bridgehead atoms. The average Bonchev–Trinajstić information content (AvgIpc) is 2.61. The van der Waals surface area contributed by atoms with Crippen molar-refractivity contribution in [2.45, 2.75) is 18.2 Å². The second kappa shape index (κ2) is 6.33. The fourth-order valence-corrected chi connectivity index (χ4v) is 4.26. The quantitative estimate of drug-likeness (QED) is 0.784. The predicted molar refractivity (Wildman–Crippen MR) is 92.9 cm³/mol. The van der Waals surface area contributed by atoms with Crippen LogP contribution in [0, 0.1) is 0 Å². The number of ketones is 2. The number of fused-ring (bicyclic) bond motifs is 1. The largest absolute Gasteiger partial charge is 0.497 e. The first kappa shape index (κ1) is 17.2. The van der Waals surface area contributed by atoms with Crippen molar-refractivity contribution in [2.75, 3.05) is 18.0 Å². The van der Waals surface area contributed by atoms with Crippen LogP contribution in [0.4, 0.5) is 5.69 Å². The molecule has 0 radical (unpaired) electrons. The minimum absolute atomic E-state index is 0.0774. The van der Waals surface area contributed by atoms with Gasteiger partial charge in [0.25, 0.3) is 10.0 Å². The van der Waals surface area contributed by atoms with Crippen LogP contribution in [-0.4, -0.2) is 33.6 Å². The zero-order valence-corrected chi connectivity index (χ0v) is 14.7. The number of methoxy groups -OCH3 is 1. The topological polar surface area (TPSA) is 80.8 Å². The molecule has 0 aliphatic carbocycles. The zero-order valence-electron chi connectivity index (χ0n) is 13.9. The molecule has 0 unspecified atom stereocenters. The summed E-state index contributed by atoms with van der Waals surface area (Å²) in [6.07, 6.45) is 0.102. The Morgan fingerprint density at radius 3 is 2.40 bits per heavy atom. The van der Waals surface area contributed by atoms with Crippen LogP contribution in [0.5, 0.6) is 5.75 Å². The van der Waals surface area contributed by atoms with Gasteiger partial charge in [0.05, 0.1) is 17.7 Å². The molecule has 0 fully saturated rings. The normalized spacial score (nSPS) is 14.2. The van der Waals surface area contributed by atoms with Crippen LogP contribution in [-0.2, 0) is 10.0 Å². The van der Waals surface area contributed by atoms with Crippen molar-refractivity contribution < 1.29 is 22.7 Å². The van der Waals surface area contributed by atoms with Crippen molar-refractivity contribution in [2.24, 2.45) is 0 Å². The predicted octanol–water partition coefficient (Wildman–Crippen LogP) is 2.68. The van der Waals surface area contributed by atoms with E-state index in [1.807, 2.05) is 0 Å². The minimum Gasteiger partial charge on any atom is -0.497 e. The molecule has 0 amide bonds.